The number of H-pyrrole nitrogens is 1. The Bertz CT molecular complexity index is 1140. The van der Waals surface area contributed by atoms with Crippen LogP contribution in [0.4, 0.5) is 0 Å². The average Bonchev–Trinajstić information content (AvgIpc) is 3.17. The van der Waals surface area contributed by atoms with Crippen molar-refractivity contribution < 1.29 is 14.4 Å². The number of piperazine rings is 1. The van der Waals surface area contributed by atoms with Crippen LogP contribution in [0.5, 0.6) is 0 Å². The molecule has 1 fully saturated rings. The van der Waals surface area contributed by atoms with Gasteiger partial charge in [0, 0.05) is 31.2 Å². The molecule has 0 saturated carbocycles. The molecular formula is C22H21ClN4O3. The Labute approximate surface area is 178 Å². The van der Waals surface area contributed by atoms with Crippen LogP contribution in [-0.4, -0.2) is 63.0 Å². The van der Waals surface area contributed by atoms with Crippen LogP contribution in [0.2, 0.25) is 5.15 Å². The fraction of sp³-hybridized carbons (Fsp3) is 0.273. The van der Waals surface area contributed by atoms with Crippen LogP contribution >= 0.6 is 11.6 Å². The molecule has 3 aromatic rings. The van der Waals surface area contributed by atoms with E-state index in [4.69, 9.17) is 11.6 Å². The van der Waals surface area contributed by atoms with Crippen LogP contribution in [0.1, 0.15) is 33.3 Å². The number of halogens is 1. The standard InChI is InChI=1S/C22H21ClN4O3/c1-13-10-18(23)24-16-11-17(25-19(13)16)20(28)22(30)27-9-8-26(12-14(27)2)21(29)15-6-4-3-5-7-15/h3-7,10-11,14,25H,8-9,12H2,1-2H3/t14-/m1/s1. The molecule has 0 radical (unpaired) electrons. The van der Waals surface area contributed by atoms with E-state index in [0.29, 0.717) is 41.4 Å². The lowest BCUT2D eigenvalue weighted by atomic mass is 10.1. The molecular weight excluding hydrogens is 404 g/mol. The Kier molecular flexibility index (Phi) is 5.30. The molecule has 7 nitrogen and oxygen atoms in total. The van der Waals surface area contributed by atoms with Gasteiger partial charge in [0.15, 0.2) is 0 Å². The van der Waals surface area contributed by atoms with Gasteiger partial charge in [-0.25, -0.2) is 4.98 Å². The number of fused-ring (bicyclic) bond motifs is 1. The summed E-state index contributed by atoms with van der Waals surface area (Å²) < 4.78 is 0. The Morgan fingerprint density at radius 2 is 1.87 bits per heavy atom. The number of pyridine rings is 1. The van der Waals surface area contributed by atoms with Gasteiger partial charge in [-0.3, -0.25) is 14.4 Å². The third-order valence-corrected chi connectivity index (χ3v) is 5.58. The summed E-state index contributed by atoms with van der Waals surface area (Å²) in [5, 5.41) is 0.331. The van der Waals surface area contributed by atoms with Gasteiger partial charge in [-0.05, 0) is 43.7 Å². The van der Waals surface area contributed by atoms with Gasteiger partial charge in [0.2, 0.25) is 0 Å². The molecule has 4 rings (SSSR count). The highest BCUT2D eigenvalue weighted by atomic mass is 35.5. The number of ketones is 1. The van der Waals surface area contributed by atoms with E-state index in [9.17, 15) is 14.4 Å². The van der Waals surface area contributed by atoms with Gasteiger partial charge < -0.3 is 14.8 Å². The van der Waals surface area contributed by atoms with E-state index >= 15 is 0 Å². The highest BCUT2D eigenvalue weighted by Crippen LogP contribution is 2.22. The predicted octanol–water partition coefficient (Wildman–Crippen LogP) is 3.08. The summed E-state index contributed by atoms with van der Waals surface area (Å²) >= 11 is 5.98. The topological polar surface area (TPSA) is 86.4 Å². The van der Waals surface area contributed by atoms with Gasteiger partial charge in [0.05, 0.1) is 16.7 Å². The zero-order valence-corrected chi connectivity index (χ0v) is 17.4. The summed E-state index contributed by atoms with van der Waals surface area (Å²) in [6.07, 6.45) is 0. The molecule has 2 aromatic heterocycles. The second-order valence-electron chi connectivity index (χ2n) is 7.50. The number of benzene rings is 1. The van der Waals surface area contributed by atoms with Crippen molar-refractivity contribution in [2.75, 3.05) is 19.6 Å². The molecule has 2 amide bonds. The lowest BCUT2D eigenvalue weighted by Crippen LogP contribution is -2.56. The number of Topliss-reactive ketones (excluding diaryl/α,β-unsaturated/α-hetero) is 1. The van der Waals surface area contributed by atoms with Crippen LogP contribution < -0.4 is 0 Å². The van der Waals surface area contributed by atoms with Crippen LogP contribution in [0, 0.1) is 6.92 Å². The molecule has 0 spiro atoms. The molecule has 1 aromatic carbocycles. The van der Waals surface area contributed by atoms with E-state index < -0.39 is 11.7 Å². The smallest absolute Gasteiger partial charge is 0.296 e. The van der Waals surface area contributed by atoms with Crippen LogP contribution in [0.25, 0.3) is 11.0 Å². The molecule has 0 bridgehead atoms. The zero-order valence-electron chi connectivity index (χ0n) is 16.7. The van der Waals surface area contributed by atoms with Crippen molar-refractivity contribution >= 4 is 40.2 Å². The van der Waals surface area contributed by atoms with Crippen LogP contribution in [0.15, 0.2) is 42.5 Å². The second-order valence-corrected chi connectivity index (χ2v) is 7.89. The minimum Gasteiger partial charge on any atom is -0.350 e. The van der Waals surface area contributed by atoms with Crippen molar-refractivity contribution in [3.63, 3.8) is 0 Å². The number of aryl methyl sites for hydroxylation is 1. The van der Waals surface area contributed by atoms with Gasteiger partial charge in [-0.1, -0.05) is 29.8 Å². The SMILES string of the molecule is Cc1cc(Cl)nc2cc(C(=O)C(=O)N3CCN(C(=O)c4ccccc4)C[C@H]3C)[nH]c12. The van der Waals surface area contributed by atoms with Crippen molar-refractivity contribution in [3.05, 3.63) is 64.4 Å². The first kappa shape index (κ1) is 20.1. The summed E-state index contributed by atoms with van der Waals surface area (Å²) in [5.74, 6) is -1.29. The first-order chi connectivity index (χ1) is 14.3. The third kappa shape index (κ3) is 3.68. The molecule has 3 heterocycles. The minimum absolute atomic E-state index is 0.0741. The van der Waals surface area contributed by atoms with Crippen LogP contribution in [-0.2, 0) is 4.79 Å². The van der Waals surface area contributed by atoms with Gasteiger partial charge in [-0.2, -0.15) is 0 Å². The normalized spacial score (nSPS) is 16.7. The molecule has 1 saturated heterocycles. The number of carbonyl (C=O) groups excluding carboxylic acids is 3. The molecule has 1 aliphatic heterocycles. The minimum atomic E-state index is -0.627. The molecule has 30 heavy (non-hydrogen) atoms. The third-order valence-electron chi connectivity index (χ3n) is 5.39. The molecule has 1 atom stereocenters. The molecule has 0 aliphatic carbocycles. The maximum absolute atomic E-state index is 12.9. The zero-order chi connectivity index (χ0) is 21.4. The lowest BCUT2D eigenvalue weighted by molar-refractivity contribution is -0.130. The summed E-state index contributed by atoms with van der Waals surface area (Å²) in [5.41, 5.74) is 2.87. The summed E-state index contributed by atoms with van der Waals surface area (Å²) in [7, 11) is 0. The highest BCUT2D eigenvalue weighted by molar-refractivity contribution is 6.42. The molecule has 0 unspecified atom stereocenters. The number of nitrogens with zero attached hydrogens (tertiary/aromatic N) is 3. The molecule has 1 N–H and O–H groups in total. The van der Waals surface area contributed by atoms with E-state index in [1.54, 1.807) is 29.2 Å². The Morgan fingerprint density at radius 1 is 1.13 bits per heavy atom. The Balaban J connectivity index is 1.48. The number of aromatic nitrogens is 2. The number of nitrogens with one attached hydrogen (secondary N) is 1. The maximum atomic E-state index is 12.9. The highest BCUT2D eigenvalue weighted by Gasteiger charge is 2.34. The first-order valence-corrected chi connectivity index (χ1v) is 10.1. The lowest BCUT2D eigenvalue weighted by Gasteiger charge is -2.39. The number of amides is 2. The molecule has 1 aliphatic rings. The number of hydrogen-bond acceptors (Lipinski definition) is 4. The van der Waals surface area contributed by atoms with E-state index in [0.717, 1.165) is 5.56 Å². The van der Waals surface area contributed by atoms with Gasteiger partial charge in [-0.15, -0.1) is 0 Å². The number of carbonyl (C=O) groups is 3. The largest absolute Gasteiger partial charge is 0.350 e. The van der Waals surface area contributed by atoms with E-state index in [1.165, 1.54) is 4.90 Å². The van der Waals surface area contributed by atoms with Crippen molar-refractivity contribution in [1.29, 1.82) is 0 Å². The fourth-order valence-electron chi connectivity index (χ4n) is 3.81. The van der Waals surface area contributed by atoms with Gasteiger partial charge in [0.25, 0.3) is 17.6 Å². The van der Waals surface area contributed by atoms with Gasteiger partial charge >= 0.3 is 0 Å². The average molecular weight is 425 g/mol. The first-order valence-electron chi connectivity index (χ1n) is 9.70. The monoisotopic (exact) mass is 424 g/mol. The Hall–Kier alpha value is -3.19. The fourth-order valence-corrected chi connectivity index (χ4v) is 4.06. The van der Waals surface area contributed by atoms with Crippen molar-refractivity contribution in [3.8, 4) is 0 Å². The maximum Gasteiger partial charge on any atom is 0.296 e. The quantitative estimate of drug-likeness (QED) is 0.397. The summed E-state index contributed by atoms with van der Waals surface area (Å²) in [6.45, 7) is 4.74. The van der Waals surface area contributed by atoms with E-state index in [2.05, 4.69) is 9.97 Å². The summed E-state index contributed by atoms with van der Waals surface area (Å²) in [4.78, 5) is 48.8. The number of rotatable bonds is 3. The van der Waals surface area contributed by atoms with Gasteiger partial charge in [0.1, 0.15) is 5.15 Å². The molecule has 154 valence electrons. The second kappa shape index (κ2) is 7.91. The van der Waals surface area contributed by atoms with E-state index in [1.807, 2.05) is 32.0 Å². The number of aromatic amines is 1. The van der Waals surface area contributed by atoms with E-state index in [-0.39, 0.29) is 17.6 Å². The predicted molar refractivity (Wildman–Crippen MR) is 114 cm³/mol. The number of hydrogen-bond donors (Lipinski definition) is 1. The van der Waals surface area contributed by atoms with Crippen molar-refractivity contribution in [2.24, 2.45) is 0 Å². The molecule has 8 heteroatoms. The summed E-state index contributed by atoms with van der Waals surface area (Å²) in [6, 6.07) is 12.0. The van der Waals surface area contributed by atoms with Crippen LogP contribution in [0.3, 0.4) is 0 Å². The Morgan fingerprint density at radius 3 is 2.57 bits per heavy atom. The van der Waals surface area contributed by atoms with Crippen molar-refractivity contribution in [2.45, 2.75) is 19.9 Å². The van der Waals surface area contributed by atoms with Crippen molar-refractivity contribution in [1.82, 2.24) is 19.8 Å².